The summed E-state index contributed by atoms with van der Waals surface area (Å²) in [4.78, 5) is 0. The first kappa shape index (κ1) is 20.2. The van der Waals surface area contributed by atoms with Crippen LogP contribution in [0, 0.1) is 5.82 Å². The van der Waals surface area contributed by atoms with Crippen molar-refractivity contribution in [1.82, 2.24) is 9.78 Å². The Morgan fingerprint density at radius 2 is 1.65 bits per heavy atom. The van der Waals surface area contributed by atoms with Crippen molar-refractivity contribution < 1.29 is 17.9 Å². The highest BCUT2D eigenvalue weighted by molar-refractivity contribution is 5.89. The number of halogens is 3. The molecule has 0 radical (unpaired) electrons. The van der Waals surface area contributed by atoms with Gasteiger partial charge in [0.2, 0.25) is 0 Å². The summed E-state index contributed by atoms with van der Waals surface area (Å²) in [6.45, 7) is -2.89. The number of rotatable bonds is 7. The van der Waals surface area contributed by atoms with E-state index < -0.39 is 6.61 Å². The lowest BCUT2D eigenvalue weighted by atomic mass is 10.1. The van der Waals surface area contributed by atoms with E-state index in [2.05, 4.69) is 20.4 Å². The fraction of sp³-hybridized carbons (Fsp3) is 0.0435. The summed E-state index contributed by atoms with van der Waals surface area (Å²) in [5.41, 5.74) is 6.33. The number of hydrogen-bond donors (Lipinski definition) is 1. The minimum Gasteiger partial charge on any atom is -0.435 e. The fourth-order valence-corrected chi connectivity index (χ4v) is 2.91. The molecular weight excluding hydrogens is 405 g/mol. The molecule has 0 aliphatic heterocycles. The molecule has 0 aliphatic carbocycles. The average molecular weight is 422 g/mol. The predicted molar refractivity (Wildman–Crippen MR) is 113 cm³/mol. The zero-order valence-corrected chi connectivity index (χ0v) is 16.1. The van der Waals surface area contributed by atoms with Crippen LogP contribution in [0.15, 0.2) is 90.2 Å². The molecule has 0 saturated carbocycles. The Labute approximate surface area is 176 Å². The molecule has 0 unspecified atom stereocenters. The molecule has 5 nitrogen and oxygen atoms in total. The maximum Gasteiger partial charge on any atom is 0.387 e. The highest BCUT2D eigenvalue weighted by Crippen LogP contribution is 2.25. The number of aromatic nitrogens is 2. The summed E-state index contributed by atoms with van der Waals surface area (Å²) in [6, 6.07) is 21.6. The first-order valence-electron chi connectivity index (χ1n) is 9.33. The number of alkyl halides is 2. The zero-order valence-electron chi connectivity index (χ0n) is 16.1. The lowest BCUT2D eigenvalue weighted by Gasteiger charge is -2.05. The number of hydrogen-bond acceptors (Lipinski definition) is 4. The van der Waals surface area contributed by atoms with Crippen LogP contribution in [0.1, 0.15) is 5.56 Å². The maximum absolute atomic E-state index is 13.0. The summed E-state index contributed by atoms with van der Waals surface area (Å²) in [5, 5.41) is 8.85. The molecule has 1 aromatic heterocycles. The Balaban J connectivity index is 1.64. The van der Waals surface area contributed by atoms with Crippen LogP contribution in [0.3, 0.4) is 0 Å². The molecule has 0 spiro atoms. The van der Waals surface area contributed by atoms with E-state index in [9.17, 15) is 13.2 Å². The number of benzene rings is 3. The molecule has 0 atom stereocenters. The summed E-state index contributed by atoms with van der Waals surface area (Å²) in [7, 11) is 0. The molecule has 0 bridgehead atoms. The normalized spacial score (nSPS) is 11.2. The molecule has 31 heavy (non-hydrogen) atoms. The van der Waals surface area contributed by atoms with Gasteiger partial charge in [0, 0.05) is 17.3 Å². The van der Waals surface area contributed by atoms with Crippen LogP contribution in [0.2, 0.25) is 0 Å². The van der Waals surface area contributed by atoms with Crippen LogP contribution >= 0.6 is 0 Å². The lowest BCUT2D eigenvalue weighted by Crippen LogP contribution is -2.01. The second-order valence-electron chi connectivity index (χ2n) is 6.49. The summed E-state index contributed by atoms with van der Waals surface area (Å²) < 4.78 is 44.0. The third-order valence-corrected chi connectivity index (χ3v) is 4.36. The molecule has 8 heteroatoms. The van der Waals surface area contributed by atoms with E-state index in [4.69, 9.17) is 0 Å². The Morgan fingerprint density at radius 1 is 0.935 bits per heavy atom. The van der Waals surface area contributed by atoms with E-state index in [1.54, 1.807) is 35.2 Å². The molecule has 4 rings (SSSR count). The maximum atomic E-state index is 13.0. The van der Waals surface area contributed by atoms with Gasteiger partial charge in [-0.1, -0.05) is 18.2 Å². The van der Waals surface area contributed by atoms with Crippen molar-refractivity contribution in [2.45, 2.75) is 6.61 Å². The van der Waals surface area contributed by atoms with Crippen molar-refractivity contribution in [3.63, 3.8) is 0 Å². The van der Waals surface area contributed by atoms with Gasteiger partial charge in [-0.05, 0) is 60.7 Å². The standard InChI is InChI=1S/C23H17F3N4O/c24-18-8-10-19(11-9-18)28-27-14-17-15-30(20-4-2-1-3-5-20)29-22(17)16-6-12-21(13-7-16)31-23(25)26/h1-15,23,28H/b27-14-. The van der Waals surface area contributed by atoms with Gasteiger partial charge in [0.1, 0.15) is 17.3 Å². The summed E-state index contributed by atoms with van der Waals surface area (Å²) in [5.74, 6) is -0.269. The lowest BCUT2D eigenvalue weighted by molar-refractivity contribution is -0.0498. The Morgan fingerprint density at radius 3 is 2.32 bits per heavy atom. The molecular formula is C23H17F3N4O. The smallest absolute Gasteiger partial charge is 0.387 e. The number of hydrazone groups is 1. The van der Waals surface area contributed by atoms with E-state index in [0.29, 0.717) is 22.5 Å². The third kappa shape index (κ3) is 5.11. The van der Waals surface area contributed by atoms with Crippen molar-refractivity contribution in [3.8, 4) is 22.7 Å². The van der Waals surface area contributed by atoms with E-state index >= 15 is 0 Å². The molecule has 156 valence electrons. The van der Waals surface area contributed by atoms with E-state index in [1.807, 2.05) is 36.5 Å². The van der Waals surface area contributed by atoms with Crippen LogP contribution in [-0.2, 0) is 0 Å². The second-order valence-corrected chi connectivity index (χ2v) is 6.49. The van der Waals surface area contributed by atoms with Crippen molar-refractivity contribution in [2.24, 2.45) is 5.10 Å². The van der Waals surface area contributed by atoms with Gasteiger partial charge in [-0.3, -0.25) is 5.43 Å². The third-order valence-electron chi connectivity index (χ3n) is 4.36. The Kier molecular flexibility index (Phi) is 5.98. The molecule has 4 aromatic rings. The van der Waals surface area contributed by atoms with Gasteiger partial charge in [-0.25, -0.2) is 9.07 Å². The SMILES string of the molecule is Fc1ccc(N/N=C\c2cn(-c3ccccc3)nc2-c2ccc(OC(F)F)cc2)cc1. The Bertz CT molecular complexity index is 1160. The molecule has 1 heterocycles. The first-order valence-corrected chi connectivity index (χ1v) is 9.33. The minimum absolute atomic E-state index is 0.0643. The molecule has 1 N–H and O–H groups in total. The van der Waals surface area contributed by atoms with Gasteiger partial charge >= 0.3 is 6.61 Å². The van der Waals surface area contributed by atoms with Crippen molar-refractivity contribution in [1.29, 1.82) is 0 Å². The largest absolute Gasteiger partial charge is 0.435 e. The fourth-order valence-electron chi connectivity index (χ4n) is 2.91. The van der Waals surface area contributed by atoms with E-state index in [-0.39, 0.29) is 11.6 Å². The Hall–Kier alpha value is -4.07. The van der Waals surface area contributed by atoms with Gasteiger partial charge in [0.25, 0.3) is 0 Å². The minimum atomic E-state index is -2.89. The molecule has 0 fully saturated rings. The highest BCUT2D eigenvalue weighted by atomic mass is 19.3. The number of nitrogens with one attached hydrogen (secondary N) is 1. The molecule has 0 aliphatic rings. The highest BCUT2D eigenvalue weighted by Gasteiger charge is 2.12. The molecule has 3 aromatic carbocycles. The monoisotopic (exact) mass is 422 g/mol. The van der Waals surface area contributed by atoms with Crippen LogP contribution in [0.25, 0.3) is 16.9 Å². The van der Waals surface area contributed by atoms with Crippen molar-refractivity contribution >= 4 is 11.9 Å². The zero-order chi connectivity index (χ0) is 21.6. The molecule has 0 amide bonds. The van der Waals surface area contributed by atoms with Crippen molar-refractivity contribution in [3.05, 3.63) is 96.4 Å². The van der Waals surface area contributed by atoms with Crippen molar-refractivity contribution in [2.75, 3.05) is 5.43 Å². The average Bonchev–Trinajstić information content (AvgIpc) is 3.20. The van der Waals surface area contributed by atoms with Gasteiger partial charge in [0.05, 0.1) is 17.6 Å². The van der Waals surface area contributed by atoms with Crippen LogP contribution < -0.4 is 10.2 Å². The number of nitrogens with zero attached hydrogens (tertiary/aromatic N) is 3. The van der Waals surface area contributed by atoms with Gasteiger partial charge in [-0.15, -0.1) is 0 Å². The van der Waals surface area contributed by atoms with Crippen LogP contribution in [0.4, 0.5) is 18.9 Å². The van der Waals surface area contributed by atoms with E-state index in [1.165, 1.54) is 24.3 Å². The molecule has 0 saturated heterocycles. The van der Waals surface area contributed by atoms with Gasteiger partial charge < -0.3 is 4.74 Å². The summed E-state index contributed by atoms with van der Waals surface area (Å²) >= 11 is 0. The number of para-hydroxylation sites is 1. The first-order chi connectivity index (χ1) is 15.1. The second kappa shape index (κ2) is 9.17. The van der Waals surface area contributed by atoms with Crippen LogP contribution in [-0.4, -0.2) is 22.6 Å². The quantitative estimate of drug-likeness (QED) is 0.306. The van der Waals surface area contributed by atoms with Crippen LogP contribution in [0.5, 0.6) is 5.75 Å². The summed E-state index contributed by atoms with van der Waals surface area (Å²) in [6.07, 6.45) is 3.40. The van der Waals surface area contributed by atoms with E-state index in [0.717, 1.165) is 5.69 Å². The predicted octanol–water partition coefficient (Wildman–Crippen LogP) is 5.73. The van der Waals surface area contributed by atoms with Gasteiger partial charge in [0.15, 0.2) is 0 Å². The topological polar surface area (TPSA) is 51.4 Å². The van der Waals surface area contributed by atoms with Gasteiger partial charge in [-0.2, -0.15) is 19.0 Å². The number of anilines is 1. The number of ether oxygens (including phenoxy) is 1.